The number of carbonyl (C=O) groups is 1. The van der Waals surface area contributed by atoms with Crippen molar-refractivity contribution in [2.45, 2.75) is 12.8 Å². The maximum absolute atomic E-state index is 13.2. The Bertz CT molecular complexity index is 557. The molecule has 1 aromatic heterocycles. The number of carbonyl (C=O) groups excluding carboxylic acids is 1. The Kier molecular flexibility index (Phi) is 4.05. The van der Waals surface area contributed by atoms with E-state index in [9.17, 15) is 9.18 Å². The van der Waals surface area contributed by atoms with Crippen LogP contribution < -0.4 is 0 Å². The van der Waals surface area contributed by atoms with Crippen LogP contribution in [0.4, 0.5) is 4.39 Å². The Morgan fingerprint density at radius 3 is 2.72 bits per heavy atom. The standard InChI is InChI=1S/C14H11ClFNO/c15-13-5-4-10(8-14(13)16)7-12(18)9-11-3-1-2-6-17-11/h1-6,8H,7,9H2. The van der Waals surface area contributed by atoms with Crippen LogP contribution in [0.5, 0.6) is 0 Å². The van der Waals surface area contributed by atoms with Crippen molar-refractivity contribution < 1.29 is 9.18 Å². The van der Waals surface area contributed by atoms with Gasteiger partial charge in [0.2, 0.25) is 0 Å². The molecule has 0 spiro atoms. The molecule has 1 aromatic carbocycles. The SMILES string of the molecule is O=C(Cc1ccc(Cl)c(F)c1)Cc1ccccn1. The number of rotatable bonds is 4. The Morgan fingerprint density at radius 2 is 2.06 bits per heavy atom. The summed E-state index contributed by atoms with van der Waals surface area (Å²) in [5, 5.41) is 0.0657. The van der Waals surface area contributed by atoms with Crippen molar-refractivity contribution in [1.82, 2.24) is 4.98 Å². The van der Waals surface area contributed by atoms with Crippen molar-refractivity contribution in [3.63, 3.8) is 0 Å². The van der Waals surface area contributed by atoms with E-state index in [0.717, 1.165) is 5.69 Å². The van der Waals surface area contributed by atoms with Crippen molar-refractivity contribution in [3.05, 3.63) is 64.7 Å². The van der Waals surface area contributed by atoms with Crippen LogP contribution in [0, 0.1) is 5.82 Å². The summed E-state index contributed by atoms with van der Waals surface area (Å²) < 4.78 is 13.2. The van der Waals surface area contributed by atoms with Crippen LogP contribution in [0.2, 0.25) is 5.02 Å². The highest BCUT2D eigenvalue weighted by atomic mass is 35.5. The normalized spacial score (nSPS) is 10.3. The molecule has 2 aromatic rings. The van der Waals surface area contributed by atoms with Crippen LogP contribution in [0.25, 0.3) is 0 Å². The smallest absolute Gasteiger partial charge is 0.143 e. The van der Waals surface area contributed by atoms with E-state index in [1.54, 1.807) is 24.4 Å². The van der Waals surface area contributed by atoms with Gasteiger partial charge in [0.15, 0.2) is 0 Å². The van der Waals surface area contributed by atoms with E-state index in [0.29, 0.717) is 5.56 Å². The summed E-state index contributed by atoms with van der Waals surface area (Å²) in [5.41, 5.74) is 1.34. The molecule has 18 heavy (non-hydrogen) atoms. The zero-order valence-electron chi connectivity index (χ0n) is 9.57. The van der Waals surface area contributed by atoms with Gasteiger partial charge in [0.05, 0.1) is 5.02 Å². The number of halogens is 2. The van der Waals surface area contributed by atoms with Crippen molar-refractivity contribution in [1.29, 1.82) is 0 Å². The molecule has 0 amide bonds. The van der Waals surface area contributed by atoms with Crippen molar-refractivity contribution in [2.24, 2.45) is 0 Å². The molecule has 0 aliphatic carbocycles. The summed E-state index contributed by atoms with van der Waals surface area (Å²) >= 11 is 5.58. The lowest BCUT2D eigenvalue weighted by molar-refractivity contribution is -0.117. The molecule has 0 bridgehead atoms. The Hall–Kier alpha value is -1.74. The average molecular weight is 264 g/mol. The molecule has 0 aliphatic rings. The van der Waals surface area contributed by atoms with Gasteiger partial charge in [-0.05, 0) is 29.8 Å². The van der Waals surface area contributed by atoms with Gasteiger partial charge >= 0.3 is 0 Å². The van der Waals surface area contributed by atoms with Gasteiger partial charge in [-0.25, -0.2) is 4.39 Å². The van der Waals surface area contributed by atoms with Crippen LogP contribution in [0.1, 0.15) is 11.3 Å². The molecule has 0 saturated carbocycles. The van der Waals surface area contributed by atoms with Gasteiger partial charge in [-0.1, -0.05) is 23.7 Å². The second-order valence-corrected chi connectivity index (χ2v) is 4.37. The highest BCUT2D eigenvalue weighted by Gasteiger charge is 2.08. The Morgan fingerprint density at radius 1 is 1.22 bits per heavy atom. The molecule has 0 unspecified atom stereocenters. The first-order chi connectivity index (χ1) is 8.65. The fourth-order valence-electron chi connectivity index (χ4n) is 1.64. The third kappa shape index (κ3) is 3.37. The number of benzene rings is 1. The monoisotopic (exact) mass is 263 g/mol. The van der Waals surface area contributed by atoms with Crippen LogP contribution in [0.15, 0.2) is 42.6 Å². The molecule has 4 heteroatoms. The topological polar surface area (TPSA) is 30.0 Å². The number of nitrogens with zero attached hydrogens (tertiary/aromatic N) is 1. The van der Waals surface area contributed by atoms with Gasteiger partial charge in [0, 0.05) is 24.7 Å². The highest BCUT2D eigenvalue weighted by Crippen LogP contribution is 2.16. The van der Waals surface area contributed by atoms with Crippen LogP contribution in [-0.4, -0.2) is 10.8 Å². The molecule has 0 radical (unpaired) electrons. The number of aromatic nitrogens is 1. The largest absolute Gasteiger partial charge is 0.299 e. The van der Waals surface area contributed by atoms with E-state index in [4.69, 9.17) is 11.6 Å². The summed E-state index contributed by atoms with van der Waals surface area (Å²) in [6.45, 7) is 0. The van der Waals surface area contributed by atoms with Crippen LogP contribution in [0.3, 0.4) is 0 Å². The van der Waals surface area contributed by atoms with Gasteiger partial charge in [-0.2, -0.15) is 0 Å². The van der Waals surface area contributed by atoms with Gasteiger partial charge < -0.3 is 0 Å². The maximum Gasteiger partial charge on any atom is 0.143 e. The first kappa shape index (κ1) is 12.7. The van der Waals surface area contributed by atoms with Gasteiger partial charge in [0.25, 0.3) is 0 Å². The molecule has 0 fully saturated rings. The minimum atomic E-state index is -0.500. The average Bonchev–Trinajstić information content (AvgIpc) is 2.35. The molecular formula is C14H11ClFNO. The van der Waals surface area contributed by atoms with E-state index in [2.05, 4.69) is 4.98 Å². The second kappa shape index (κ2) is 5.74. The Balaban J connectivity index is 2.01. The summed E-state index contributed by atoms with van der Waals surface area (Å²) in [5.74, 6) is -0.504. The van der Waals surface area contributed by atoms with E-state index in [1.807, 2.05) is 6.07 Å². The number of ketones is 1. The third-order valence-electron chi connectivity index (χ3n) is 2.49. The van der Waals surface area contributed by atoms with Crippen LogP contribution >= 0.6 is 11.6 Å². The molecule has 0 N–H and O–H groups in total. The molecule has 92 valence electrons. The Labute approximate surface area is 109 Å². The lowest BCUT2D eigenvalue weighted by atomic mass is 10.1. The number of hydrogen-bond donors (Lipinski definition) is 0. The molecule has 0 atom stereocenters. The van der Waals surface area contributed by atoms with Crippen LogP contribution in [-0.2, 0) is 17.6 Å². The number of hydrogen-bond acceptors (Lipinski definition) is 2. The van der Waals surface area contributed by atoms with Gasteiger partial charge in [-0.3, -0.25) is 9.78 Å². The van der Waals surface area contributed by atoms with Crippen molar-refractivity contribution in [3.8, 4) is 0 Å². The summed E-state index contributed by atoms with van der Waals surface area (Å²) in [6, 6.07) is 9.82. The predicted molar refractivity (Wildman–Crippen MR) is 68.1 cm³/mol. The minimum Gasteiger partial charge on any atom is -0.299 e. The number of pyridine rings is 1. The van der Waals surface area contributed by atoms with Gasteiger partial charge in [0.1, 0.15) is 11.6 Å². The molecule has 0 aliphatic heterocycles. The van der Waals surface area contributed by atoms with E-state index < -0.39 is 5.82 Å². The molecule has 1 heterocycles. The number of Topliss-reactive ketones (excluding diaryl/α,β-unsaturated/α-hetero) is 1. The molecule has 0 saturated heterocycles. The summed E-state index contributed by atoms with van der Waals surface area (Å²) in [4.78, 5) is 15.9. The zero-order valence-corrected chi connectivity index (χ0v) is 10.3. The van der Waals surface area contributed by atoms with E-state index in [1.165, 1.54) is 12.1 Å². The van der Waals surface area contributed by atoms with E-state index >= 15 is 0 Å². The molecule has 2 nitrogen and oxygen atoms in total. The second-order valence-electron chi connectivity index (χ2n) is 3.96. The summed E-state index contributed by atoms with van der Waals surface area (Å²) in [6.07, 6.45) is 2.08. The lowest BCUT2D eigenvalue weighted by Crippen LogP contribution is -2.07. The first-order valence-electron chi connectivity index (χ1n) is 5.50. The lowest BCUT2D eigenvalue weighted by Gasteiger charge is -2.02. The fourth-order valence-corrected chi connectivity index (χ4v) is 1.76. The zero-order chi connectivity index (χ0) is 13.0. The highest BCUT2D eigenvalue weighted by molar-refractivity contribution is 6.30. The van der Waals surface area contributed by atoms with Crippen molar-refractivity contribution >= 4 is 17.4 Å². The molecule has 2 rings (SSSR count). The minimum absolute atomic E-state index is 0.00424. The predicted octanol–water partition coefficient (Wildman–Crippen LogP) is 3.23. The first-order valence-corrected chi connectivity index (χ1v) is 5.88. The fraction of sp³-hybridized carbons (Fsp3) is 0.143. The van der Waals surface area contributed by atoms with Crippen molar-refractivity contribution in [2.75, 3.05) is 0 Å². The third-order valence-corrected chi connectivity index (χ3v) is 2.80. The van der Waals surface area contributed by atoms with Gasteiger partial charge in [-0.15, -0.1) is 0 Å². The summed E-state index contributed by atoms with van der Waals surface area (Å²) in [7, 11) is 0. The van der Waals surface area contributed by atoms with E-state index in [-0.39, 0.29) is 23.6 Å². The quantitative estimate of drug-likeness (QED) is 0.848. The molecular weight excluding hydrogens is 253 g/mol. The maximum atomic E-state index is 13.2.